The lowest BCUT2D eigenvalue weighted by Gasteiger charge is -2.32. The number of hydrogen-bond donors (Lipinski definition) is 2. The van der Waals surface area contributed by atoms with Gasteiger partial charge in [0.2, 0.25) is 5.91 Å². The molecule has 1 aromatic carbocycles. The summed E-state index contributed by atoms with van der Waals surface area (Å²) in [6, 6.07) is 5.09. The van der Waals surface area contributed by atoms with Gasteiger partial charge in [0.15, 0.2) is 0 Å². The van der Waals surface area contributed by atoms with Crippen LogP contribution in [0, 0.1) is 5.92 Å². The molecule has 1 fully saturated rings. The summed E-state index contributed by atoms with van der Waals surface area (Å²) >= 11 is 0. The van der Waals surface area contributed by atoms with E-state index in [4.69, 9.17) is 10.5 Å². The van der Waals surface area contributed by atoms with Gasteiger partial charge in [-0.1, -0.05) is 6.92 Å². The molecule has 3 N–H and O–H groups in total. The van der Waals surface area contributed by atoms with E-state index in [0.717, 1.165) is 13.1 Å². The summed E-state index contributed by atoms with van der Waals surface area (Å²) < 4.78 is 5.28. The lowest BCUT2D eigenvalue weighted by atomic mass is 10.1. The van der Waals surface area contributed by atoms with Gasteiger partial charge in [0.1, 0.15) is 5.75 Å². The van der Waals surface area contributed by atoms with Gasteiger partial charge in [0.25, 0.3) is 5.91 Å². The molecular weight excluding hydrogens is 379 g/mol. The van der Waals surface area contributed by atoms with Crippen molar-refractivity contribution in [1.29, 1.82) is 0 Å². The van der Waals surface area contributed by atoms with Crippen LogP contribution in [0.5, 0.6) is 5.75 Å². The van der Waals surface area contributed by atoms with Crippen molar-refractivity contribution in [2.24, 2.45) is 11.7 Å². The Balaban J connectivity index is 0.00000312. The van der Waals surface area contributed by atoms with E-state index in [-0.39, 0.29) is 49.1 Å². The fourth-order valence-corrected chi connectivity index (χ4v) is 2.49. The largest absolute Gasteiger partial charge is 0.495 e. The highest BCUT2D eigenvalue weighted by Gasteiger charge is 2.22. The second-order valence-electron chi connectivity index (χ2n) is 6.14. The lowest BCUT2D eigenvalue weighted by Crippen LogP contribution is -2.47. The molecule has 7 nitrogen and oxygen atoms in total. The van der Waals surface area contributed by atoms with Gasteiger partial charge in [-0.15, -0.1) is 24.8 Å². The van der Waals surface area contributed by atoms with E-state index in [1.54, 1.807) is 25.1 Å². The van der Waals surface area contributed by atoms with Crippen LogP contribution in [0.1, 0.15) is 17.3 Å². The first-order valence-electron chi connectivity index (χ1n) is 8.13. The Labute approximate surface area is 167 Å². The molecule has 0 bridgehead atoms. The molecule has 0 spiro atoms. The molecule has 1 atom stereocenters. The van der Waals surface area contributed by atoms with E-state index >= 15 is 0 Å². The highest BCUT2D eigenvalue weighted by molar-refractivity contribution is 5.99. The quantitative estimate of drug-likeness (QED) is 0.772. The number of methoxy groups -OCH3 is 1. The number of piperazine rings is 1. The van der Waals surface area contributed by atoms with E-state index in [1.165, 1.54) is 7.11 Å². The maximum absolute atomic E-state index is 12.7. The molecule has 1 heterocycles. The molecular formula is C17H28Cl2N4O3. The third-order valence-electron chi connectivity index (χ3n) is 4.30. The Bertz CT molecular complexity index is 608. The van der Waals surface area contributed by atoms with Crippen LogP contribution in [0.2, 0.25) is 0 Å². The summed E-state index contributed by atoms with van der Waals surface area (Å²) in [4.78, 5) is 28.8. The van der Waals surface area contributed by atoms with Crippen molar-refractivity contribution >= 4 is 42.3 Å². The number of carbonyl (C=O) groups is 2. The van der Waals surface area contributed by atoms with Crippen molar-refractivity contribution in [3.63, 3.8) is 0 Å². The molecule has 2 rings (SSSR count). The zero-order chi connectivity index (χ0) is 17.7. The summed E-state index contributed by atoms with van der Waals surface area (Å²) in [5.41, 5.74) is 6.55. The zero-order valence-electron chi connectivity index (χ0n) is 15.4. The SMILES string of the molecule is COc1ccc(C(=O)N2CCN(C)CC2)cc1NC(=O)C(C)CN.Cl.Cl. The van der Waals surface area contributed by atoms with Crippen LogP contribution in [0.4, 0.5) is 5.69 Å². The number of benzene rings is 1. The smallest absolute Gasteiger partial charge is 0.254 e. The molecule has 0 aromatic heterocycles. The lowest BCUT2D eigenvalue weighted by molar-refractivity contribution is -0.119. The molecule has 0 saturated carbocycles. The fraction of sp³-hybridized carbons (Fsp3) is 0.529. The molecule has 0 aliphatic carbocycles. The number of carbonyl (C=O) groups excluding carboxylic acids is 2. The fourth-order valence-electron chi connectivity index (χ4n) is 2.49. The summed E-state index contributed by atoms with van der Waals surface area (Å²) in [5, 5.41) is 2.79. The monoisotopic (exact) mass is 406 g/mol. The van der Waals surface area contributed by atoms with Crippen molar-refractivity contribution in [3.8, 4) is 5.75 Å². The molecule has 1 saturated heterocycles. The number of hydrogen-bond acceptors (Lipinski definition) is 5. The predicted octanol–water partition coefficient (Wildman–Crippen LogP) is 1.46. The van der Waals surface area contributed by atoms with Gasteiger partial charge in [-0.3, -0.25) is 9.59 Å². The van der Waals surface area contributed by atoms with Gasteiger partial charge in [-0.2, -0.15) is 0 Å². The van der Waals surface area contributed by atoms with Gasteiger partial charge in [0, 0.05) is 44.2 Å². The number of halogens is 2. The van der Waals surface area contributed by atoms with Gasteiger partial charge < -0.3 is 25.6 Å². The van der Waals surface area contributed by atoms with E-state index < -0.39 is 0 Å². The van der Waals surface area contributed by atoms with E-state index in [0.29, 0.717) is 30.1 Å². The number of nitrogens with two attached hydrogens (primary N) is 1. The predicted molar refractivity (Wildman–Crippen MR) is 108 cm³/mol. The number of anilines is 1. The molecule has 26 heavy (non-hydrogen) atoms. The minimum Gasteiger partial charge on any atom is -0.495 e. The minimum atomic E-state index is -0.313. The molecule has 1 aliphatic heterocycles. The number of rotatable bonds is 5. The average molecular weight is 407 g/mol. The van der Waals surface area contributed by atoms with Gasteiger partial charge in [-0.05, 0) is 25.2 Å². The molecule has 2 amide bonds. The number of ether oxygens (including phenoxy) is 1. The average Bonchev–Trinajstić information content (AvgIpc) is 2.60. The summed E-state index contributed by atoms with van der Waals surface area (Å²) in [6.07, 6.45) is 0. The summed E-state index contributed by atoms with van der Waals surface area (Å²) in [7, 11) is 3.57. The van der Waals surface area contributed by atoms with Crippen LogP contribution in [-0.4, -0.2) is 68.5 Å². The molecule has 1 aromatic rings. The maximum Gasteiger partial charge on any atom is 0.254 e. The number of likely N-dealkylation sites (N-methyl/N-ethyl adjacent to an activating group) is 1. The first-order valence-corrected chi connectivity index (χ1v) is 8.13. The van der Waals surface area contributed by atoms with Crippen molar-refractivity contribution < 1.29 is 14.3 Å². The van der Waals surface area contributed by atoms with Crippen LogP contribution in [0.15, 0.2) is 18.2 Å². The van der Waals surface area contributed by atoms with Crippen molar-refractivity contribution in [2.75, 3.05) is 52.2 Å². The molecule has 0 radical (unpaired) electrons. The zero-order valence-corrected chi connectivity index (χ0v) is 17.0. The maximum atomic E-state index is 12.7. The van der Waals surface area contributed by atoms with E-state index in [1.807, 2.05) is 11.9 Å². The second-order valence-corrected chi connectivity index (χ2v) is 6.14. The second kappa shape index (κ2) is 11.2. The minimum absolute atomic E-state index is 0. The Morgan fingerprint density at radius 3 is 2.38 bits per heavy atom. The Kier molecular flexibility index (Phi) is 10.6. The van der Waals surface area contributed by atoms with Crippen molar-refractivity contribution in [1.82, 2.24) is 9.80 Å². The van der Waals surface area contributed by atoms with E-state index in [2.05, 4.69) is 10.2 Å². The third kappa shape index (κ3) is 6.02. The van der Waals surface area contributed by atoms with Crippen molar-refractivity contribution in [3.05, 3.63) is 23.8 Å². The van der Waals surface area contributed by atoms with E-state index in [9.17, 15) is 9.59 Å². The summed E-state index contributed by atoms with van der Waals surface area (Å²) in [5.74, 6) is -0.0256. The Hall–Kier alpha value is -1.54. The van der Waals surface area contributed by atoms with Crippen LogP contribution in [0.25, 0.3) is 0 Å². The van der Waals surface area contributed by atoms with Crippen LogP contribution in [0.3, 0.4) is 0 Å². The molecule has 9 heteroatoms. The highest BCUT2D eigenvalue weighted by atomic mass is 35.5. The van der Waals surface area contributed by atoms with Gasteiger partial charge >= 0.3 is 0 Å². The first-order chi connectivity index (χ1) is 11.5. The first kappa shape index (κ1) is 24.5. The molecule has 1 unspecified atom stereocenters. The standard InChI is InChI=1S/C17H26N4O3.2ClH/c1-12(11-18)16(22)19-14-10-13(4-5-15(14)24-3)17(23)21-8-6-20(2)7-9-21;;/h4-5,10,12H,6-9,11,18H2,1-3H3,(H,19,22);2*1H. The molecule has 1 aliphatic rings. The molecule has 148 valence electrons. The number of nitrogens with one attached hydrogen (secondary N) is 1. The third-order valence-corrected chi connectivity index (χ3v) is 4.30. The van der Waals surface area contributed by atoms with Crippen LogP contribution < -0.4 is 15.8 Å². The topological polar surface area (TPSA) is 87.9 Å². The van der Waals surface area contributed by atoms with Crippen molar-refractivity contribution in [2.45, 2.75) is 6.92 Å². The van der Waals surface area contributed by atoms with Gasteiger partial charge in [-0.25, -0.2) is 0 Å². The van der Waals surface area contributed by atoms with Crippen LogP contribution in [-0.2, 0) is 4.79 Å². The van der Waals surface area contributed by atoms with Gasteiger partial charge in [0.05, 0.1) is 12.8 Å². The summed E-state index contributed by atoms with van der Waals surface area (Å²) in [6.45, 7) is 5.13. The highest BCUT2D eigenvalue weighted by Crippen LogP contribution is 2.26. The normalized spacial score (nSPS) is 15.3. The Morgan fingerprint density at radius 1 is 1.23 bits per heavy atom. The van der Waals surface area contributed by atoms with Crippen LogP contribution >= 0.6 is 24.8 Å². The number of amides is 2. The number of nitrogens with zero attached hydrogens (tertiary/aromatic N) is 2. The Morgan fingerprint density at radius 2 is 1.85 bits per heavy atom.